The summed E-state index contributed by atoms with van der Waals surface area (Å²) in [7, 11) is 0. The summed E-state index contributed by atoms with van der Waals surface area (Å²) in [6.45, 7) is 0.101. The van der Waals surface area contributed by atoms with Gasteiger partial charge in [-0.05, 0) is 23.8 Å². The monoisotopic (exact) mass is 392 g/mol. The van der Waals surface area contributed by atoms with Crippen LogP contribution in [0, 0.1) is 10.1 Å². The Kier molecular flexibility index (Phi) is 5.79. The van der Waals surface area contributed by atoms with Crippen molar-refractivity contribution < 1.29 is 19.6 Å². The number of rotatable bonds is 6. The van der Waals surface area contributed by atoms with Crippen LogP contribution in [0.25, 0.3) is 11.3 Å². The fourth-order valence-electron chi connectivity index (χ4n) is 2.59. The Morgan fingerprint density at radius 3 is 2.31 bits per heavy atom. The molecule has 0 atom stereocenters. The van der Waals surface area contributed by atoms with Gasteiger partial charge in [-0.3, -0.25) is 14.9 Å². The van der Waals surface area contributed by atoms with Gasteiger partial charge in [-0.2, -0.15) is 0 Å². The SMILES string of the molecule is O=C(O)NCc1ccc(C(=O)Nc2nc(-c3ccccc3)ccc2[N+](=O)[O-])cc1. The topological polar surface area (TPSA) is 134 Å². The molecule has 0 fully saturated rings. The van der Waals surface area contributed by atoms with E-state index in [1.165, 1.54) is 24.3 Å². The molecule has 0 bridgehead atoms. The first-order valence-corrected chi connectivity index (χ1v) is 8.52. The van der Waals surface area contributed by atoms with E-state index in [2.05, 4.69) is 15.6 Å². The Bertz CT molecular complexity index is 1050. The summed E-state index contributed by atoms with van der Waals surface area (Å²) in [5.74, 6) is -0.721. The van der Waals surface area contributed by atoms with Gasteiger partial charge in [0.1, 0.15) is 0 Å². The first-order valence-electron chi connectivity index (χ1n) is 8.52. The van der Waals surface area contributed by atoms with Crippen molar-refractivity contribution in [2.75, 3.05) is 5.32 Å². The number of carboxylic acid groups (broad SMARTS) is 1. The summed E-state index contributed by atoms with van der Waals surface area (Å²) in [5, 5.41) is 24.6. The predicted molar refractivity (Wildman–Crippen MR) is 106 cm³/mol. The van der Waals surface area contributed by atoms with E-state index in [9.17, 15) is 19.7 Å². The van der Waals surface area contributed by atoms with Crippen LogP contribution in [-0.4, -0.2) is 27.0 Å². The van der Waals surface area contributed by atoms with Crippen LogP contribution in [0.1, 0.15) is 15.9 Å². The zero-order chi connectivity index (χ0) is 20.8. The minimum atomic E-state index is -1.15. The molecule has 1 heterocycles. The highest BCUT2D eigenvalue weighted by atomic mass is 16.6. The number of aromatic nitrogens is 1. The van der Waals surface area contributed by atoms with Gasteiger partial charge in [-0.15, -0.1) is 0 Å². The highest BCUT2D eigenvalue weighted by molar-refractivity contribution is 6.04. The van der Waals surface area contributed by atoms with Crippen LogP contribution >= 0.6 is 0 Å². The highest BCUT2D eigenvalue weighted by Crippen LogP contribution is 2.27. The van der Waals surface area contributed by atoms with Crippen molar-refractivity contribution >= 4 is 23.5 Å². The molecule has 3 rings (SSSR count). The molecule has 9 nitrogen and oxygen atoms in total. The molecule has 29 heavy (non-hydrogen) atoms. The molecule has 2 amide bonds. The van der Waals surface area contributed by atoms with E-state index < -0.39 is 16.9 Å². The average Bonchev–Trinajstić information content (AvgIpc) is 2.73. The zero-order valence-electron chi connectivity index (χ0n) is 15.0. The first kappa shape index (κ1) is 19.5. The van der Waals surface area contributed by atoms with Crippen molar-refractivity contribution in [1.82, 2.24) is 10.3 Å². The van der Waals surface area contributed by atoms with Crippen LogP contribution in [0.5, 0.6) is 0 Å². The number of nitrogens with zero attached hydrogens (tertiary/aromatic N) is 2. The average molecular weight is 392 g/mol. The summed E-state index contributed by atoms with van der Waals surface area (Å²) in [4.78, 5) is 38.0. The highest BCUT2D eigenvalue weighted by Gasteiger charge is 2.19. The van der Waals surface area contributed by atoms with Gasteiger partial charge in [-0.1, -0.05) is 42.5 Å². The molecular formula is C20H16N4O5. The molecule has 3 N–H and O–H groups in total. The summed E-state index contributed by atoms with van der Waals surface area (Å²) < 4.78 is 0. The maximum atomic E-state index is 12.5. The minimum absolute atomic E-state index is 0.101. The van der Waals surface area contributed by atoms with Crippen molar-refractivity contribution in [2.24, 2.45) is 0 Å². The Morgan fingerprint density at radius 1 is 1.00 bits per heavy atom. The number of hydrogen-bond acceptors (Lipinski definition) is 5. The minimum Gasteiger partial charge on any atom is -0.465 e. The standard InChI is InChI=1S/C20H16N4O5/c25-19(15-8-6-13(7-9-15)12-21-20(26)27)23-18-17(24(28)29)11-10-16(22-18)14-4-2-1-3-5-14/h1-11,21H,12H2,(H,26,27)(H,22,23,25). The molecule has 9 heteroatoms. The second kappa shape index (κ2) is 8.61. The van der Waals surface area contributed by atoms with Gasteiger partial charge in [0.15, 0.2) is 0 Å². The number of amides is 2. The van der Waals surface area contributed by atoms with Crippen LogP contribution in [0.4, 0.5) is 16.3 Å². The van der Waals surface area contributed by atoms with E-state index in [1.807, 2.05) is 30.3 Å². The van der Waals surface area contributed by atoms with E-state index in [1.54, 1.807) is 12.1 Å². The number of benzene rings is 2. The largest absolute Gasteiger partial charge is 0.465 e. The summed E-state index contributed by atoms with van der Waals surface area (Å²) in [6.07, 6.45) is -1.15. The molecular weight excluding hydrogens is 376 g/mol. The van der Waals surface area contributed by atoms with Gasteiger partial charge < -0.3 is 15.7 Å². The molecule has 3 aromatic rings. The van der Waals surface area contributed by atoms with Crippen molar-refractivity contribution in [3.63, 3.8) is 0 Å². The normalized spacial score (nSPS) is 10.2. The fraction of sp³-hybridized carbons (Fsp3) is 0.0500. The van der Waals surface area contributed by atoms with Crippen molar-refractivity contribution in [2.45, 2.75) is 6.54 Å². The van der Waals surface area contributed by atoms with Gasteiger partial charge in [0.05, 0.1) is 10.6 Å². The van der Waals surface area contributed by atoms with E-state index >= 15 is 0 Å². The second-order valence-corrected chi connectivity index (χ2v) is 6.00. The van der Waals surface area contributed by atoms with Gasteiger partial charge in [0.2, 0.25) is 5.82 Å². The number of nitrogens with one attached hydrogen (secondary N) is 2. The maximum Gasteiger partial charge on any atom is 0.404 e. The van der Waals surface area contributed by atoms with Gasteiger partial charge in [0.25, 0.3) is 5.91 Å². The molecule has 0 unspecified atom stereocenters. The molecule has 2 aromatic carbocycles. The summed E-state index contributed by atoms with van der Waals surface area (Å²) in [6, 6.07) is 18.1. The van der Waals surface area contributed by atoms with Gasteiger partial charge >= 0.3 is 11.8 Å². The van der Waals surface area contributed by atoms with Crippen molar-refractivity contribution in [3.05, 3.63) is 88.0 Å². The van der Waals surface area contributed by atoms with Crippen LogP contribution in [0.3, 0.4) is 0 Å². The molecule has 0 saturated carbocycles. The predicted octanol–water partition coefficient (Wildman–Crippen LogP) is 3.68. The fourth-order valence-corrected chi connectivity index (χ4v) is 2.59. The Labute approximate surface area is 165 Å². The van der Waals surface area contributed by atoms with Gasteiger partial charge in [0, 0.05) is 23.7 Å². The number of anilines is 1. The molecule has 0 spiro atoms. The smallest absolute Gasteiger partial charge is 0.404 e. The summed E-state index contributed by atoms with van der Waals surface area (Å²) in [5.41, 5.74) is 1.85. The van der Waals surface area contributed by atoms with Crippen molar-refractivity contribution in [1.29, 1.82) is 0 Å². The Balaban J connectivity index is 1.83. The maximum absolute atomic E-state index is 12.5. The molecule has 0 aliphatic heterocycles. The third-order valence-corrected chi connectivity index (χ3v) is 4.03. The third-order valence-electron chi connectivity index (χ3n) is 4.03. The Hall–Kier alpha value is -4.27. The van der Waals surface area contributed by atoms with E-state index in [4.69, 9.17) is 5.11 Å². The lowest BCUT2D eigenvalue weighted by Crippen LogP contribution is -2.20. The number of pyridine rings is 1. The van der Waals surface area contributed by atoms with Crippen LogP contribution in [0.2, 0.25) is 0 Å². The van der Waals surface area contributed by atoms with Crippen molar-refractivity contribution in [3.8, 4) is 11.3 Å². The lowest BCUT2D eigenvalue weighted by molar-refractivity contribution is -0.384. The first-order chi connectivity index (χ1) is 13.9. The molecule has 0 radical (unpaired) electrons. The number of nitro groups is 1. The second-order valence-electron chi connectivity index (χ2n) is 6.00. The molecule has 0 aliphatic rings. The zero-order valence-corrected chi connectivity index (χ0v) is 15.0. The van der Waals surface area contributed by atoms with E-state index in [0.717, 1.165) is 5.56 Å². The quantitative estimate of drug-likeness (QED) is 0.433. The summed E-state index contributed by atoms with van der Waals surface area (Å²) >= 11 is 0. The molecule has 1 aromatic heterocycles. The van der Waals surface area contributed by atoms with Crippen LogP contribution < -0.4 is 10.6 Å². The third kappa shape index (κ3) is 4.92. The van der Waals surface area contributed by atoms with E-state index in [-0.39, 0.29) is 23.6 Å². The lowest BCUT2D eigenvalue weighted by Gasteiger charge is -2.08. The van der Waals surface area contributed by atoms with E-state index in [0.29, 0.717) is 11.3 Å². The van der Waals surface area contributed by atoms with Crippen LogP contribution in [-0.2, 0) is 6.54 Å². The number of carbonyl (C=O) groups excluding carboxylic acids is 1. The number of hydrogen-bond donors (Lipinski definition) is 3. The van der Waals surface area contributed by atoms with Crippen LogP contribution in [0.15, 0.2) is 66.7 Å². The lowest BCUT2D eigenvalue weighted by atomic mass is 10.1. The van der Waals surface area contributed by atoms with Gasteiger partial charge in [-0.25, -0.2) is 9.78 Å². The Morgan fingerprint density at radius 2 is 1.69 bits per heavy atom. The number of carbonyl (C=O) groups is 2. The molecule has 0 aliphatic carbocycles. The molecule has 146 valence electrons. The molecule has 0 saturated heterocycles.